The third-order valence-electron chi connectivity index (χ3n) is 8.03. The maximum atomic E-state index is 6.37. The molecule has 0 amide bonds. The molecule has 0 fully saturated rings. The van der Waals surface area contributed by atoms with Gasteiger partial charge in [0.2, 0.25) is 0 Å². The second-order valence-electron chi connectivity index (χ2n) is 11.9. The van der Waals surface area contributed by atoms with Crippen molar-refractivity contribution in [2.45, 2.75) is 39.2 Å². The molecule has 1 unspecified atom stereocenters. The Kier molecular flexibility index (Phi) is 8.09. The zero-order valence-corrected chi connectivity index (χ0v) is 27.4. The summed E-state index contributed by atoms with van der Waals surface area (Å²) in [6, 6.07) is 40.4. The van der Waals surface area contributed by atoms with Crippen molar-refractivity contribution in [3.8, 4) is 17.3 Å². The molecule has 6 heteroatoms. The van der Waals surface area contributed by atoms with Crippen molar-refractivity contribution in [3.05, 3.63) is 146 Å². The molecule has 0 aliphatic carbocycles. The van der Waals surface area contributed by atoms with Crippen molar-refractivity contribution >= 4 is 27.5 Å². The number of fused-ring (bicyclic) bond motifs is 3. The Hall–Kier alpha value is -4.34. The van der Waals surface area contributed by atoms with E-state index in [4.69, 9.17) is 9.72 Å². The van der Waals surface area contributed by atoms with E-state index in [0.29, 0.717) is 11.5 Å². The topological polar surface area (TPSA) is 33.5 Å². The second-order valence-corrected chi connectivity index (χ2v) is 11.9. The Morgan fingerprint density at radius 2 is 1.57 bits per heavy atom. The summed E-state index contributed by atoms with van der Waals surface area (Å²) in [5, 5.41) is 2.26. The summed E-state index contributed by atoms with van der Waals surface area (Å²) in [6.07, 6.45) is 6.02. The van der Waals surface area contributed by atoms with Gasteiger partial charge < -0.3 is 19.1 Å². The van der Waals surface area contributed by atoms with Crippen LogP contribution in [0.5, 0.6) is 11.5 Å². The van der Waals surface area contributed by atoms with Gasteiger partial charge in [-0.15, -0.1) is 41.4 Å². The van der Waals surface area contributed by atoms with Gasteiger partial charge in [-0.3, -0.25) is 0 Å². The minimum Gasteiger partial charge on any atom is -0.509 e. The number of benzene rings is 4. The zero-order valence-electron chi connectivity index (χ0n) is 25.1. The van der Waals surface area contributed by atoms with Gasteiger partial charge in [-0.1, -0.05) is 74.8 Å². The number of rotatable bonds is 6. The fraction of sp³-hybridized carbons (Fsp3) is 0.158. The van der Waals surface area contributed by atoms with Gasteiger partial charge in [-0.25, -0.2) is 4.98 Å². The van der Waals surface area contributed by atoms with Gasteiger partial charge in [0.25, 0.3) is 0 Å². The quantitative estimate of drug-likeness (QED) is 0.159. The summed E-state index contributed by atoms with van der Waals surface area (Å²) in [6.45, 7) is 10.9. The number of anilines is 1. The number of aromatic nitrogens is 2. The molecule has 6 aromatic rings. The van der Waals surface area contributed by atoms with Crippen molar-refractivity contribution in [2.75, 3.05) is 4.90 Å². The van der Waals surface area contributed by atoms with Crippen molar-refractivity contribution in [1.29, 1.82) is 0 Å². The van der Waals surface area contributed by atoms with Crippen LogP contribution in [0.3, 0.4) is 0 Å². The fourth-order valence-electron chi connectivity index (χ4n) is 5.59. The molecule has 1 aliphatic heterocycles. The minimum atomic E-state index is 0. The Morgan fingerprint density at radius 1 is 0.795 bits per heavy atom. The van der Waals surface area contributed by atoms with Crippen molar-refractivity contribution < 1.29 is 25.8 Å². The van der Waals surface area contributed by atoms with E-state index in [1.807, 2.05) is 42.7 Å². The van der Waals surface area contributed by atoms with Gasteiger partial charge in [0.15, 0.2) is 0 Å². The summed E-state index contributed by atoms with van der Waals surface area (Å²) >= 11 is 0. The second kappa shape index (κ2) is 12.0. The van der Waals surface area contributed by atoms with Crippen LogP contribution in [0.1, 0.15) is 44.9 Å². The zero-order chi connectivity index (χ0) is 29.6. The molecule has 0 bridgehead atoms. The van der Waals surface area contributed by atoms with Crippen LogP contribution < -0.4 is 9.64 Å². The van der Waals surface area contributed by atoms with Crippen LogP contribution in [0.15, 0.2) is 116 Å². The van der Waals surface area contributed by atoms with E-state index in [2.05, 4.69) is 134 Å². The molecule has 1 atom stereocenters. The van der Waals surface area contributed by atoms with Crippen LogP contribution in [0.2, 0.25) is 0 Å². The van der Waals surface area contributed by atoms with Crippen LogP contribution in [-0.4, -0.2) is 14.5 Å². The molecule has 4 aromatic carbocycles. The standard InChI is InChI=1S/C38H33N4O.Pt/c1-27(28-11-6-5-7-12-28)40-21-22-41(26-40)30-13-10-14-31(24-30)43-32-17-18-34-33-15-8-9-16-35(33)42(36(34)25-32)37-23-29(19-20-39-37)38(2,3)4;/h5-23,26-27H,1-4H3;/q-3;. The van der Waals surface area contributed by atoms with E-state index in [9.17, 15) is 0 Å². The van der Waals surface area contributed by atoms with E-state index in [-0.39, 0.29) is 32.5 Å². The molecule has 5 nitrogen and oxygen atoms in total. The number of hydrogen-bond acceptors (Lipinski definition) is 4. The van der Waals surface area contributed by atoms with E-state index in [0.717, 1.165) is 33.3 Å². The van der Waals surface area contributed by atoms with Gasteiger partial charge in [0.05, 0.1) is 0 Å². The van der Waals surface area contributed by atoms with Crippen LogP contribution in [-0.2, 0) is 26.5 Å². The van der Waals surface area contributed by atoms with Gasteiger partial charge in [-0.05, 0) is 59.5 Å². The predicted molar refractivity (Wildman–Crippen MR) is 174 cm³/mol. The molecule has 0 saturated heterocycles. The van der Waals surface area contributed by atoms with Gasteiger partial charge >= 0.3 is 0 Å². The number of pyridine rings is 1. The summed E-state index contributed by atoms with van der Waals surface area (Å²) in [7, 11) is 0. The van der Waals surface area contributed by atoms with E-state index < -0.39 is 0 Å². The molecule has 44 heavy (non-hydrogen) atoms. The monoisotopic (exact) mass is 756 g/mol. The Balaban J connectivity index is 0.00000343. The number of hydrogen-bond donors (Lipinski definition) is 0. The first kappa shape index (κ1) is 29.7. The first-order valence-electron chi connectivity index (χ1n) is 14.6. The van der Waals surface area contributed by atoms with Crippen molar-refractivity contribution in [2.24, 2.45) is 0 Å². The minimum absolute atomic E-state index is 0. The first-order valence-corrected chi connectivity index (χ1v) is 14.6. The van der Waals surface area contributed by atoms with Crippen LogP contribution in [0.25, 0.3) is 27.6 Å². The van der Waals surface area contributed by atoms with Crippen LogP contribution in [0.4, 0.5) is 5.69 Å². The molecule has 7 rings (SSSR count). The first-order chi connectivity index (χ1) is 20.8. The van der Waals surface area contributed by atoms with Crippen LogP contribution >= 0.6 is 0 Å². The predicted octanol–water partition coefficient (Wildman–Crippen LogP) is 9.34. The van der Waals surface area contributed by atoms with Crippen molar-refractivity contribution in [3.63, 3.8) is 0 Å². The number of nitrogens with zero attached hydrogens (tertiary/aromatic N) is 4. The Labute approximate surface area is 273 Å². The molecule has 224 valence electrons. The van der Waals surface area contributed by atoms with E-state index in [1.165, 1.54) is 11.1 Å². The smallest absolute Gasteiger partial charge is 0.135 e. The van der Waals surface area contributed by atoms with Crippen LogP contribution in [0, 0.1) is 18.8 Å². The SMILES string of the molecule is CC(c1ccccc1)N1C=CN(c2[c-]c(Oc3[c-]c4c(cc3)c3ccccc3n4-c3cc(C(C)(C)C)ccn3)ccc2)[CH-]1.[Pt]. The van der Waals surface area contributed by atoms with E-state index >= 15 is 0 Å². The van der Waals surface area contributed by atoms with Gasteiger partial charge in [0, 0.05) is 50.3 Å². The molecule has 0 N–H and O–H groups in total. The summed E-state index contributed by atoms with van der Waals surface area (Å²) in [5.41, 5.74) is 5.41. The summed E-state index contributed by atoms with van der Waals surface area (Å²) in [4.78, 5) is 9.03. The Morgan fingerprint density at radius 3 is 2.39 bits per heavy atom. The van der Waals surface area contributed by atoms with E-state index in [1.54, 1.807) is 0 Å². The average molecular weight is 757 g/mol. The molecule has 3 heterocycles. The molecular formula is C38H33N4OPt-3. The Bertz CT molecular complexity index is 1960. The number of ether oxygens (including phenoxy) is 1. The summed E-state index contributed by atoms with van der Waals surface area (Å²) in [5.74, 6) is 2.11. The molecule has 0 saturated carbocycles. The van der Waals surface area contributed by atoms with Crippen molar-refractivity contribution in [1.82, 2.24) is 14.5 Å². The third-order valence-corrected chi connectivity index (χ3v) is 8.03. The van der Waals surface area contributed by atoms with Gasteiger partial charge in [0.1, 0.15) is 5.82 Å². The summed E-state index contributed by atoms with van der Waals surface area (Å²) < 4.78 is 8.55. The molecular weight excluding hydrogens is 724 g/mol. The maximum absolute atomic E-state index is 6.37. The fourth-order valence-corrected chi connectivity index (χ4v) is 5.59. The number of para-hydroxylation sites is 1. The van der Waals surface area contributed by atoms with Gasteiger partial charge in [-0.2, -0.15) is 18.8 Å². The average Bonchev–Trinajstić information content (AvgIpc) is 3.64. The largest absolute Gasteiger partial charge is 0.509 e. The normalized spacial score (nSPS) is 13.8. The molecule has 1 aliphatic rings. The molecule has 2 aromatic heterocycles. The molecule has 0 spiro atoms. The third kappa shape index (κ3) is 5.65. The maximum Gasteiger partial charge on any atom is 0.135 e. The molecule has 0 radical (unpaired) electrons.